The van der Waals surface area contributed by atoms with Gasteiger partial charge in [0.2, 0.25) is 11.9 Å². The van der Waals surface area contributed by atoms with Crippen LogP contribution in [0.1, 0.15) is 45.4 Å². The van der Waals surface area contributed by atoms with Crippen LogP contribution in [0.25, 0.3) is 0 Å². The number of guanidine groups is 2. The van der Waals surface area contributed by atoms with E-state index in [0.717, 1.165) is 31.1 Å². The molecule has 2 unspecified atom stereocenters. The van der Waals surface area contributed by atoms with Gasteiger partial charge in [-0.05, 0) is 55.8 Å². The summed E-state index contributed by atoms with van der Waals surface area (Å²) < 4.78 is 0. The highest BCUT2D eigenvalue weighted by molar-refractivity contribution is 5.80. The Balaban J connectivity index is 1.98. The Hall–Kier alpha value is -1.46. The molecule has 0 aromatic carbocycles. The van der Waals surface area contributed by atoms with Crippen molar-refractivity contribution in [1.82, 2.24) is 5.01 Å². The van der Waals surface area contributed by atoms with Gasteiger partial charge in [-0.3, -0.25) is 5.41 Å². The van der Waals surface area contributed by atoms with E-state index in [-0.39, 0.29) is 17.5 Å². The van der Waals surface area contributed by atoms with Crippen LogP contribution in [0.15, 0.2) is 5.10 Å². The fraction of sp³-hybridized carbons (Fsp3) is 0.846. The van der Waals surface area contributed by atoms with Crippen LogP contribution in [0.3, 0.4) is 0 Å². The number of hydrogen-bond acceptors (Lipinski definition) is 2. The molecule has 4 saturated carbocycles. The lowest BCUT2D eigenvalue weighted by Crippen LogP contribution is -2.63. The Morgan fingerprint density at radius 1 is 1.16 bits per heavy atom. The second kappa shape index (κ2) is 3.77. The van der Waals surface area contributed by atoms with Crippen molar-refractivity contribution in [2.45, 2.75) is 51.0 Å². The topological polar surface area (TPSA) is 118 Å². The van der Waals surface area contributed by atoms with Crippen molar-refractivity contribution in [3.63, 3.8) is 0 Å². The van der Waals surface area contributed by atoms with E-state index >= 15 is 0 Å². The highest BCUT2D eigenvalue weighted by atomic mass is 15.6. The van der Waals surface area contributed by atoms with Crippen molar-refractivity contribution in [2.24, 2.45) is 39.6 Å². The molecule has 4 aliphatic carbocycles. The smallest absolute Gasteiger partial charge is 0.209 e. The van der Waals surface area contributed by atoms with Crippen LogP contribution in [0, 0.1) is 22.7 Å². The molecule has 106 valence electrons. The van der Waals surface area contributed by atoms with Gasteiger partial charge in [-0.1, -0.05) is 6.92 Å². The van der Waals surface area contributed by atoms with Gasteiger partial charge in [0, 0.05) is 0 Å². The van der Waals surface area contributed by atoms with Crippen LogP contribution < -0.4 is 17.2 Å². The Morgan fingerprint density at radius 2 is 1.74 bits per heavy atom. The monoisotopic (exact) mass is 264 g/mol. The average molecular weight is 264 g/mol. The maximum absolute atomic E-state index is 7.83. The lowest BCUT2D eigenvalue weighted by molar-refractivity contribution is -0.106. The number of hydrazone groups is 1. The quantitative estimate of drug-likeness (QED) is 0.334. The van der Waals surface area contributed by atoms with E-state index in [1.165, 1.54) is 19.3 Å². The Labute approximate surface area is 113 Å². The molecule has 0 heterocycles. The molecular weight excluding hydrogens is 240 g/mol. The van der Waals surface area contributed by atoms with Gasteiger partial charge in [-0.2, -0.15) is 0 Å². The van der Waals surface area contributed by atoms with Gasteiger partial charge in [0.05, 0.1) is 5.54 Å². The third-order valence-corrected chi connectivity index (χ3v) is 5.22. The standard InChI is InChI=1S/C13H24N6/c1-12-3-8-2-9(4-12)6-13(5-8,7-12)19(11(16)17)18-10(14)15/h8-9H,2-7H2,1H3,(H3,16,17)(H4,14,15,18). The fourth-order valence-corrected chi connectivity index (χ4v) is 5.45. The second-order valence-electron chi connectivity index (χ2n) is 7.22. The molecule has 0 aromatic heterocycles. The maximum atomic E-state index is 7.83. The lowest BCUT2D eigenvalue weighted by atomic mass is 9.47. The van der Waals surface area contributed by atoms with Gasteiger partial charge >= 0.3 is 0 Å². The molecule has 0 spiro atoms. The SMILES string of the molecule is CC12CC3CC(C1)CC(N(N=C(N)N)C(=N)N)(C3)C2. The summed E-state index contributed by atoms with van der Waals surface area (Å²) in [5.41, 5.74) is 17.0. The molecule has 4 rings (SSSR count). The fourth-order valence-electron chi connectivity index (χ4n) is 5.45. The van der Waals surface area contributed by atoms with Crippen molar-refractivity contribution in [2.75, 3.05) is 0 Å². The molecule has 4 bridgehead atoms. The van der Waals surface area contributed by atoms with Gasteiger partial charge in [0.25, 0.3) is 0 Å². The zero-order valence-electron chi connectivity index (χ0n) is 11.5. The summed E-state index contributed by atoms with van der Waals surface area (Å²) in [6.07, 6.45) is 7.11. The first-order valence-corrected chi connectivity index (χ1v) is 7.06. The predicted octanol–water partition coefficient (Wildman–Crippen LogP) is 0.729. The molecular formula is C13H24N6. The van der Waals surface area contributed by atoms with E-state index in [4.69, 9.17) is 22.6 Å². The molecule has 19 heavy (non-hydrogen) atoms. The average Bonchev–Trinajstić information content (AvgIpc) is 2.21. The molecule has 4 aliphatic rings. The maximum Gasteiger partial charge on any atom is 0.209 e. The van der Waals surface area contributed by atoms with Gasteiger partial charge in [-0.25, -0.2) is 5.01 Å². The minimum Gasteiger partial charge on any atom is -0.369 e. The number of nitrogens with one attached hydrogen (secondary N) is 1. The molecule has 0 aliphatic heterocycles. The summed E-state index contributed by atoms with van der Waals surface area (Å²) in [5, 5.41) is 13.6. The molecule has 0 saturated heterocycles. The number of nitrogens with zero attached hydrogens (tertiary/aromatic N) is 2. The van der Waals surface area contributed by atoms with E-state index < -0.39 is 0 Å². The first-order valence-electron chi connectivity index (χ1n) is 7.06. The van der Waals surface area contributed by atoms with Crippen molar-refractivity contribution >= 4 is 11.9 Å². The number of nitrogens with two attached hydrogens (primary N) is 3. The largest absolute Gasteiger partial charge is 0.369 e. The van der Waals surface area contributed by atoms with Crippen LogP contribution in [-0.2, 0) is 0 Å². The highest BCUT2D eigenvalue weighted by Crippen LogP contribution is 2.63. The normalized spacial score (nSPS) is 43.0. The molecule has 6 heteroatoms. The van der Waals surface area contributed by atoms with Crippen LogP contribution in [0.2, 0.25) is 0 Å². The molecule has 2 atom stereocenters. The van der Waals surface area contributed by atoms with E-state index in [9.17, 15) is 0 Å². The van der Waals surface area contributed by atoms with Crippen molar-refractivity contribution < 1.29 is 0 Å². The van der Waals surface area contributed by atoms with E-state index in [2.05, 4.69) is 12.0 Å². The van der Waals surface area contributed by atoms with Gasteiger partial charge in [-0.15, -0.1) is 5.10 Å². The molecule has 7 N–H and O–H groups in total. The number of hydrogen-bond donors (Lipinski definition) is 4. The zero-order chi connectivity index (χ0) is 13.8. The molecule has 0 radical (unpaired) electrons. The van der Waals surface area contributed by atoms with E-state index in [1.807, 2.05) is 0 Å². The van der Waals surface area contributed by atoms with Crippen LogP contribution >= 0.6 is 0 Å². The number of rotatable bonds is 2. The summed E-state index contributed by atoms with van der Waals surface area (Å²) in [6, 6.07) is 0. The third kappa shape index (κ3) is 1.93. The predicted molar refractivity (Wildman–Crippen MR) is 75.1 cm³/mol. The van der Waals surface area contributed by atoms with Crippen molar-refractivity contribution in [3.05, 3.63) is 0 Å². The first kappa shape index (κ1) is 12.6. The third-order valence-electron chi connectivity index (χ3n) is 5.22. The zero-order valence-corrected chi connectivity index (χ0v) is 11.5. The van der Waals surface area contributed by atoms with Gasteiger partial charge in [0.15, 0.2) is 0 Å². The van der Waals surface area contributed by atoms with Crippen LogP contribution in [0.4, 0.5) is 0 Å². The summed E-state index contributed by atoms with van der Waals surface area (Å²) >= 11 is 0. The summed E-state index contributed by atoms with van der Waals surface area (Å²) in [7, 11) is 0. The minimum absolute atomic E-state index is 0.0175. The van der Waals surface area contributed by atoms with E-state index in [1.54, 1.807) is 5.01 Å². The van der Waals surface area contributed by atoms with Crippen molar-refractivity contribution in [3.8, 4) is 0 Å². The molecule has 6 nitrogen and oxygen atoms in total. The second-order valence-corrected chi connectivity index (χ2v) is 7.22. The Morgan fingerprint density at radius 3 is 2.16 bits per heavy atom. The molecule has 0 amide bonds. The summed E-state index contributed by atoms with van der Waals surface area (Å²) in [4.78, 5) is 0. The first-order chi connectivity index (χ1) is 8.82. The van der Waals surface area contributed by atoms with Crippen LogP contribution in [-0.4, -0.2) is 22.5 Å². The summed E-state index contributed by atoms with van der Waals surface area (Å²) in [6.45, 7) is 2.37. The van der Waals surface area contributed by atoms with Crippen LogP contribution in [0.5, 0.6) is 0 Å². The minimum atomic E-state index is -0.130. The molecule has 0 aromatic rings. The molecule has 4 fully saturated rings. The summed E-state index contributed by atoms with van der Waals surface area (Å²) in [5.74, 6) is 1.42. The van der Waals surface area contributed by atoms with Gasteiger partial charge < -0.3 is 17.2 Å². The lowest BCUT2D eigenvalue weighted by Gasteiger charge is -2.62. The Bertz CT molecular complexity index is 424. The van der Waals surface area contributed by atoms with Crippen molar-refractivity contribution in [1.29, 1.82) is 5.41 Å². The van der Waals surface area contributed by atoms with Gasteiger partial charge in [0.1, 0.15) is 0 Å². The van der Waals surface area contributed by atoms with E-state index in [0.29, 0.717) is 5.41 Å². The Kier molecular flexibility index (Phi) is 2.50. The highest BCUT2D eigenvalue weighted by Gasteiger charge is 2.58.